The number of alkyl halides is 1. The van der Waals surface area contributed by atoms with Gasteiger partial charge in [0.15, 0.2) is 5.78 Å². The topological polar surface area (TPSA) is 22.0 Å². The maximum atomic E-state index is 11.9. The molecule has 1 aromatic carbocycles. The first kappa shape index (κ1) is 13.6. The highest BCUT2D eigenvalue weighted by Gasteiger charge is 2.14. The number of benzene rings is 1. The number of hydrogen-bond acceptors (Lipinski definition) is 1. The number of aromatic nitrogens is 1. The Morgan fingerprint density at radius 3 is 2.78 bits per heavy atom. The lowest BCUT2D eigenvalue weighted by Crippen LogP contribution is -2.03. The number of Topliss-reactive ketones (excluding diaryl/α,β-unsaturated/α-hetero) is 1. The van der Waals surface area contributed by atoms with E-state index in [1.54, 1.807) is 0 Å². The Hall–Kier alpha value is -0.800. The molecule has 0 aliphatic carbocycles. The number of ketones is 1. The zero-order valence-corrected chi connectivity index (χ0v) is 12.8. The molecule has 2 nitrogen and oxygen atoms in total. The lowest BCUT2D eigenvalue weighted by Gasteiger charge is -2.08. The fraction of sp³-hybridized carbons (Fsp3) is 0.357. The second kappa shape index (κ2) is 5.45. The van der Waals surface area contributed by atoms with Gasteiger partial charge in [-0.1, -0.05) is 35.8 Å². The molecule has 0 spiro atoms. The number of fused-ring (bicyclic) bond motifs is 1. The van der Waals surface area contributed by atoms with Crippen LogP contribution in [0.5, 0.6) is 0 Å². The molecule has 0 aliphatic heterocycles. The highest BCUT2D eigenvalue weighted by Crippen LogP contribution is 2.26. The van der Waals surface area contributed by atoms with Crippen LogP contribution in [0, 0.1) is 5.92 Å². The lowest BCUT2D eigenvalue weighted by molar-refractivity contribution is 0.102. The molecule has 18 heavy (non-hydrogen) atoms. The second-order valence-electron chi connectivity index (χ2n) is 4.81. The first-order valence-electron chi connectivity index (χ1n) is 5.90. The quantitative estimate of drug-likeness (QED) is 0.599. The van der Waals surface area contributed by atoms with E-state index in [2.05, 4.69) is 34.3 Å². The molecule has 1 aromatic heterocycles. The van der Waals surface area contributed by atoms with E-state index >= 15 is 0 Å². The third kappa shape index (κ3) is 2.62. The molecule has 0 N–H and O–H groups in total. The van der Waals surface area contributed by atoms with Crippen LogP contribution in [0.1, 0.15) is 24.2 Å². The molecule has 0 saturated carbocycles. The summed E-state index contributed by atoms with van der Waals surface area (Å²) in [6, 6.07) is 5.96. The summed E-state index contributed by atoms with van der Waals surface area (Å²) >= 11 is 9.14. The summed E-state index contributed by atoms with van der Waals surface area (Å²) in [7, 11) is 0. The van der Waals surface area contributed by atoms with Gasteiger partial charge in [0.2, 0.25) is 0 Å². The molecule has 0 atom stereocenters. The molecular formula is C14H15BrClNO. The van der Waals surface area contributed by atoms with Gasteiger partial charge in [0.05, 0.1) is 5.88 Å². The summed E-state index contributed by atoms with van der Waals surface area (Å²) in [5.41, 5.74) is 1.79. The van der Waals surface area contributed by atoms with Crippen molar-refractivity contribution in [1.82, 2.24) is 4.57 Å². The zero-order valence-electron chi connectivity index (χ0n) is 10.4. The zero-order chi connectivity index (χ0) is 13.3. The van der Waals surface area contributed by atoms with Crippen LogP contribution in [0.15, 0.2) is 28.9 Å². The molecule has 0 aliphatic rings. The summed E-state index contributed by atoms with van der Waals surface area (Å²) in [5, 5.41) is 0.976. The third-order valence-corrected chi connectivity index (χ3v) is 3.56. The molecule has 0 fully saturated rings. The van der Waals surface area contributed by atoms with Gasteiger partial charge in [-0.3, -0.25) is 4.79 Å². The number of carbonyl (C=O) groups excluding carboxylic acids is 1. The van der Waals surface area contributed by atoms with Crippen LogP contribution in [0.4, 0.5) is 0 Å². The minimum absolute atomic E-state index is 0.0218. The van der Waals surface area contributed by atoms with Crippen molar-refractivity contribution in [2.75, 3.05) is 5.88 Å². The number of nitrogens with zero attached hydrogens (tertiary/aromatic N) is 1. The molecule has 1 heterocycles. The van der Waals surface area contributed by atoms with Gasteiger partial charge in [-0.25, -0.2) is 0 Å². The van der Waals surface area contributed by atoms with Crippen molar-refractivity contribution in [2.24, 2.45) is 5.92 Å². The molecule has 0 amide bonds. The minimum Gasteiger partial charge on any atom is -0.346 e. The van der Waals surface area contributed by atoms with Crippen molar-refractivity contribution < 1.29 is 4.79 Å². The van der Waals surface area contributed by atoms with Gasteiger partial charge in [-0.05, 0) is 18.1 Å². The second-order valence-corrected chi connectivity index (χ2v) is 5.99. The van der Waals surface area contributed by atoms with Crippen molar-refractivity contribution in [3.63, 3.8) is 0 Å². The van der Waals surface area contributed by atoms with Crippen LogP contribution in [0.2, 0.25) is 0 Å². The summed E-state index contributed by atoms with van der Waals surface area (Å²) < 4.78 is 3.15. The van der Waals surface area contributed by atoms with Crippen LogP contribution in [0.3, 0.4) is 0 Å². The number of carbonyl (C=O) groups is 1. The highest BCUT2D eigenvalue weighted by molar-refractivity contribution is 9.10. The molecule has 0 radical (unpaired) electrons. The van der Waals surface area contributed by atoms with Crippen LogP contribution in [-0.4, -0.2) is 16.2 Å². The molecule has 96 valence electrons. The highest BCUT2D eigenvalue weighted by atomic mass is 79.9. The Balaban J connectivity index is 2.63. The van der Waals surface area contributed by atoms with E-state index in [9.17, 15) is 4.79 Å². The van der Waals surface area contributed by atoms with Gasteiger partial charge in [0.1, 0.15) is 0 Å². The van der Waals surface area contributed by atoms with Crippen LogP contribution >= 0.6 is 27.5 Å². The SMILES string of the molecule is CC(C)Cn1cc(C(=O)CCl)c2ccc(Br)cc21. The van der Waals surface area contributed by atoms with Crippen molar-refractivity contribution in [3.05, 3.63) is 34.4 Å². The fourth-order valence-electron chi connectivity index (χ4n) is 2.10. The molecule has 2 rings (SSSR count). The van der Waals surface area contributed by atoms with Crippen molar-refractivity contribution >= 4 is 44.2 Å². The van der Waals surface area contributed by atoms with E-state index in [1.807, 2.05) is 24.4 Å². The van der Waals surface area contributed by atoms with E-state index in [4.69, 9.17) is 11.6 Å². The largest absolute Gasteiger partial charge is 0.346 e. The summed E-state index contributed by atoms with van der Waals surface area (Å²) in [4.78, 5) is 11.9. The molecule has 0 unspecified atom stereocenters. The van der Waals surface area contributed by atoms with E-state index in [0.717, 1.165) is 21.9 Å². The average Bonchev–Trinajstić information content (AvgIpc) is 2.66. The van der Waals surface area contributed by atoms with Crippen LogP contribution in [-0.2, 0) is 6.54 Å². The van der Waals surface area contributed by atoms with E-state index in [-0.39, 0.29) is 11.7 Å². The molecular weight excluding hydrogens is 314 g/mol. The summed E-state index contributed by atoms with van der Waals surface area (Å²) in [5.74, 6) is 0.529. The van der Waals surface area contributed by atoms with E-state index in [0.29, 0.717) is 11.5 Å². The Morgan fingerprint density at radius 2 is 2.17 bits per heavy atom. The van der Waals surface area contributed by atoms with E-state index in [1.165, 1.54) is 0 Å². The maximum Gasteiger partial charge on any atom is 0.179 e. The Kier molecular flexibility index (Phi) is 4.13. The van der Waals surface area contributed by atoms with Crippen LogP contribution in [0.25, 0.3) is 10.9 Å². The number of hydrogen-bond donors (Lipinski definition) is 0. The summed E-state index contributed by atoms with van der Waals surface area (Å²) in [6.07, 6.45) is 1.92. The monoisotopic (exact) mass is 327 g/mol. The standard InChI is InChI=1S/C14H15BrClNO/c1-9(2)7-17-8-12(14(18)6-16)11-4-3-10(15)5-13(11)17/h3-5,8-9H,6-7H2,1-2H3. The van der Waals surface area contributed by atoms with Gasteiger partial charge >= 0.3 is 0 Å². The number of halogens is 2. The Labute approximate surface area is 120 Å². The van der Waals surface area contributed by atoms with E-state index < -0.39 is 0 Å². The van der Waals surface area contributed by atoms with Crippen LogP contribution < -0.4 is 0 Å². The predicted octanol–water partition coefficient (Wildman–Crippen LogP) is 4.48. The van der Waals surface area contributed by atoms with Gasteiger partial charge < -0.3 is 4.57 Å². The van der Waals surface area contributed by atoms with Crippen molar-refractivity contribution in [2.45, 2.75) is 20.4 Å². The molecule has 4 heteroatoms. The molecule has 2 aromatic rings. The summed E-state index contributed by atoms with van der Waals surface area (Å²) in [6.45, 7) is 5.21. The average molecular weight is 329 g/mol. The van der Waals surface area contributed by atoms with Gasteiger partial charge in [-0.2, -0.15) is 0 Å². The van der Waals surface area contributed by atoms with Crippen molar-refractivity contribution in [1.29, 1.82) is 0 Å². The van der Waals surface area contributed by atoms with Gasteiger partial charge in [-0.15, -0.1) is 11.6 Å². The third-order valence-electron chi connectivity index (χ3n) is 2.83. The van der Waals surface area contributed by atoms with Gasteiger partial charge in [0.25, 0.3) is 0 Å². The van der Waals surface area contributed by atoms with Gasteiger partial charge in [0, 0.05) is 33.7 Å². The smallest absolute Gasteiger partial charge is 0.179 e. The lowest BCUT2D eigenvalue weighted by atomic mass is 10.1. The first-order valence-corrected chi connectivity index (χ1v) is 7.23. The predicted molar refractivity (Wildman–Crippen MR) is 79.5 cm³/mol. The van der Waals surface area contributed by atoms with Crippen molar-refractivity contribution in [3.8, 4) is 0 Å². The normalized spacial score (nSPS) is 11.4. The number of rotatable bonds is 4. The Morgan fingerprint density at radius 1 is 1.44 bits per heavy atom. The maximum absolute atomic E-state index is 11.9. The Bertz CT molecular complexity index is 589. The first-order chi connectivity index (χ1) is 8.52. The fourth-order valence-corrected chi connectivity index (χ4v) is 2.60. The minimum atomic E-state index is -0.0218. The molecule has 0 bridgehead atoms. The molecule has 0 saturated heterocycles.